The molecule has 1 atom stereocenters. The van der Waals surface area contributed by atoms with Gasteiger partial charge in [-0.3, -0.25) is 9.59 Å². The monoisotopic (exact) mass is 230 g/mol. The molecule has 17 heavy (non-hydrogen) atoms. The van der Waals surface area contributed by atoms with Crippen LogP contribution >= 0.6 is 0 Å². The molecule has 0 unspecified atom stereocenters. The van der Waals surface area contributed by atoms with E-state index >= 15 is 0 Å². The summed E-state index contributed by atoms with van der Waals surface area (Å²) >= 11 is 0. The largest absolute Gasteiger partial charge is 0.354 e. The van der Waals surface area contributed by atoms with E-state index in [2.05, 4.69) is 5.32 Å². The minimum atomic E-state index is -0.549. The average molecular weight is 230 g/mol. The number of carbonyl (C=O) groups is 2. The Morgan fingerprint density at radius 2 is 2.00 bits per heavy atom. The fourth-order valence-electron chi connectivity index (χ4n) is 2.68. The minimum Gasteiger partial charge on any atom is -0.354 e. The molecule has 0 aromatic heterocycles. The van der Waals surface area contributed by atoms with Crippen molar-refractivity contribution in [1.82, 2.24) is 10.2 Å². The molecule has 2 aliphatic rings. The maximum absolute atomic E-state index is 11.8. The van der Waals surface area contributed by atoms with Crippen molar-refractivity contribution < 1.29 is 9.59 Å². The standard InChI is InChI=1S/C13H14N2O2/c16-11-8-13(6-7-14-12(13)17)15(11)9-10-4-2-1-3-5-10/h1-5H,6-9H2,(H,14,17)/t13-/m1/s1. The zero-order chi connectivity index (χ0) is 11.9. The van der Waals surface area contributed by atoms with Crippen LogP contribution in [0.2, 0.25) is 0 Å². The highest BCUT2D eigenvalue weighted by atomic mass is 16.2. The average Bonchev–Trinajstić information content (AvgIpc) is 2.72. The summed E-state index contributed by atoms with van der Waals surface area (Å²) in [6.45, 7) is 1.21. The lowest BCUT2D eigenvalue weighted by Gasteiger charge is -2.47. The number of nitrogens with zero attached hydrogens (tertiary/aromatic N) is 1. The number of hydrogen-bond acceptors (Lipinski definition) is 2. The molecule has 2 heterocycles. The number of carbonyl (C=O) groups excluding carboxylic acids is 2. The van der Waals surface area contributed by atoms with E-state index in [1.54, 1.807) is 4.90 Å². The van der Waals surface area contributed by atoms with Crippen molar-refractivity contribution >= 4 is 11.8 Å². The van der Waals surface area contributed by atoms with Crippen LogP contribution in [-0.4, -0.2) is 28.8 Å². The van der Waals surface area contributed by atoms with Crippen LogP contribution < -0.4 is 5.32 Å². The third kappa shape index (κ3) is 1.44. The molecule has 2 saturated heterocycles. The number of β-lactam (4-membered cyclic amide) rings is 1. The predicted molar refractivity (Wildman–Crippen MR) is 62.0 cm³/mol. The predicted octanol–water partition coefficient (Wildman–Crippen LogP) is 0.678. The summed E-state index contributed by atoms with van der Waals surface area (Å²) in [4.78, 5) is 25.2. The van der Waals surface area contributed by atoms with Crippen molar-refractivity contribution in [2.24, 2.45) is 0 Å². The first-order valence-corrected chi connectivity index (χ1v) is 5.85. The highest BCUT2D eigenvalue weighted by Crippen LogP contribution is 2.39. The normalized spacial score (nSPS) is 27.2. The minimum absolute atomic E-state index is 0.00744. The summed E-state index contributed by atoms with van der Waals surface area (Å²) in [6.07, 6.45) is 1.11. The molecule has 0 saturated carbocycles. The van der Waals surface area contributed by atoms with E-state index in [1.807, 2.05) is 30.3 Å². The van der Waals surface area contributed by atoms with Crippen LogP contribution in [0, 0.1) is 0 Å². The molecule has 2 amide bonds. The van der Waals surface area contributed by atoms with Gasteiger partial charge in [0.1, 0.15) is 5.54 Å². The molecule has 1 spiro atoms. The smallest absolute Gasteiger partial charge is 0.246 e. The van der Waals surface area contributed by atoms with Gasteiger partial charge in [-0.1, -0.05) is 30.3 Å². The molecular weight excluding hydrogens is 216 g/mol. The summed E-state index contributed by atoms with van der Waals surface area (Å²) in [7, 11) is 0. The first-order valence-electron chi connectivity index (χ1n) is 5.85. The molecule has 88 valence electrons. The summed E-state index contributed by atoms with van der Waals surface area (Å²) in [5, 5.41) is 2.82. The van der Waals surface area contributed by atoms with Gasteiger partial charge in [0.15, 0.2) is 0 Å². The summed E-state index contributed by atoms with van der Waals surface area (Å²) < 4.78 is 0. The van der Waals surface area contributed by atoms with Gasteiger partial charge in [0.25, 0.3) is 0 Å². The highest BCUT2D eigenvalue weighted by Gasteiger charge is 2.58. The van der Waals surface area contributed by atoms with Gasteiger partial charge in [0.2, 0.25) is 11.8 Å². The first kappa shape index (κ1) is 10.3. The summed E-state index contributed by atoms with van der Waals surface area (Å²) in [6, 6.07) is 9.79. The van der Waals surface area contributed by atoms with Crippen LogP contribution in [0.4, 0.5) is 0 Å². The van der Waals surface area contributed by atoms with Gasteiger partial charge >= 0.3 is 0 Å². The van der Waals surface area contributed by atoms with Crippen molar-refractivity contribution in [1.29, 1.82) is 0 Å². The number of amides is 2. The van der Waals surface area contributed by atoms with Crippen LogP contribution in [0.5, 0.6) is 0 Å². The number of nitrogens with one attached hydrogen (secondary N) is 1. The molecule has 2 aliphatic heterocycles. The number of hydrogen-bond donors (Lipinski definition) is 1. The Balaban J connectivity index is 1.82. The van der Waals surface area contributed by atoms with Crippen LogP contribution in [0.1, 0.15) is 18.4 Å². The number of likely N-dealkylation sites (tertiary alicyclic amines) is 1. The van der Waals surface area contributed by atoms with E-state index in [4.69, 9.17) is 0 Å². The Bertz CT molecular complexity index is 472. The van der Waals surface area contributed by atoms with Crippen molar-refractivity contribution in [3.63, 3.8) is 0 Å². The molecule has 3 rings (SSSR count). The Kier molecular flexibility index (Phi) is 2.18. The third-order valence-corrected chi connectivity index (χ3v) is 3.69. The Morgan fingerprint density at radius 3 is 2.59 bits per heavy atom. The van der Waals surface area contributed by atoms with E-state index < -0.39 is 5.54 Å². The number of benzene rings is 1. The lowest BCUT2D eigenvalue weighted by molar-refractivity contribution is -0.164. The highest BCUT2D eigenvalue weighted by molar-refractivity contribution is 6.02. The van der Waals surface area contributed by atoms with Gasteiger partial charge in [-0.2, -0.15) is 0 Å². The van der Waals surface area contributed by atoms with E-state index in [9.17, 15) is 9.59 Å². The van der Waals surface area contributed by atoms with Gasteiger partial charge in [-0.05, 0) is 12.0 Å². The SMILES string of the molecule is O=C1C[C@@]2(CCNC2=O)N1Cc1ccccc1. The Morgan fingerprint density at radius 1 is 1.24 bits per heavy atom. The second-order valence-electron chi connectivity index (χ2n) is 4.68. The van der Waals surface area contributed by atoms with Crippen molar-refractivity contribution in [2.75, 3.05) is 6.54 Å². The zero-order valence-corrected chi connectivity index (χ0v) is 9.48. The van der Waals surface area contributed by atoms with Crippen LogP contribution in [0.3, 0.4) is 0 Å². The van der Waals surface area contributed by atoms with Gasteiger partial charge < -0.3 is 10.2 Å². The van der Waals surface area contributed by atoms with Gasteiger partial charge in [0.05, 0.1) is 6.42 Å². The molecule has 2 fully saturated rings. The van der Waals surface area contributed by atoms with Gasteiger partial charge in [-0.15, -0.1) is 0 Å². The van der Waals surface area contributed by atoms with E-state index in [0.717, 1.165) is 12.0 Å². The van der Waals surface area contributed by atoms with Crippen LogP contribution in [-0.2, 0) is 16.1 Å². The summed E-state index contributed by atoms with van der Waals surface area (Å²) in [5.41, 5.74) is 0.520. The maximum atomic E-state index is 11.8. The first-order chi connectivity index (χ1) is 8.22. The Hall–Kier alpha value is -1.84. The lowest BCUT2D eigenvalue weighted by atomic mass is 9.82. The Labute approximate surface area is 99.6 Å². The second-order valence-corrected chi connectivity index (χ2v) is 4.68. The lowest BCUT2D eigenvalue weighted by Crippen LogP contribution is -2.66. The molecule has 0 bridgehead atoms. The fraction of sp³-hybridized carbons (Fsp3) is 0.385. The van der Waals surface area contributed by atoms with Gasteiger partial charge in [-0.25, -0.2) is 0 Å². The quantitative estimate of drug-likeness (QED) is 0.759. The molecular formula is C13H14N2O2. The molecule has 1 N–H and O–H groups in total. The fourth-order valence-corrected chi connectivity index (χ4v) is 2.68. The van der Waals surface area contributed by atoms with E-state index in [0.29, 0.717) is 19.5 Å². The zero-order valence-electron chi connectivity index (χ0n) is 9.48. The summed E-state index contributed by atoms with van der Waals surface area (Å²) in [5.74, 6) is 0.0823. The molecule has 1 aromatic rings. The molecule has 0 aliphatic carbocycles. The molecule has 4 nitrogen and oxygen atoms in total. The van der Waals surface area contributed by atoms with Gasteiger partial charge in [0, 0.05) is 13.1 Å². The van der Waals surface area contributed by atoms with Crippen LogP contribution in [0.15, 0.2) is 30.3 Å². The maximum Gasteiger partial charge on any atom is 0.246 e. The topological polar surface area (TPSA) is 49.4 Å². The number of rotatable bonds is 2. The van der Waals surface area contributed by atoms with Crippen molar-refractivity contribution in [2.45, 2.75) is 24.9 Å². The van der Waals surface area contributed by atoms with Crippen molar-refractivity contribution in [3.8, 4) is 0 Å². The van der Waals surface area contributed by atoms with E-state index in [1.165, 1.54) is 0 Å². The third-order valence-electron chi connectivity index (χ3n) is 3.69. The van der Waals surface area contributed by atoms with E-state index in [-0.39, 0.29) is 11.8 Å². The molecule has 4 heteroatoms. The molecule has 1 aromatic carbocycles. The van der Waals surface area contributed by atoms with Crippen LogP contribution in [0.25, 0.3) is 0 Å². The molecule has 0 radical (unpaired) electrons. The second kappa shape index (κ2) is 3.58. The van der Waals surface area contributed by atoms with Crippen molar-refractivity contribution in [3.05, 3.63) is 35.9 Å².